The topological polar surface area (TPSA) is 108 Å². The lowest BCUT2D eigenvalue weighted by Gasteiger charge is -2.19. The van der Waals surface area contributed by atoms with Gasteiger partial charge in [-0.15, -0.1) is 0 Å². The van der Waals surface area contributed by atoms with Crippen LogP contribution in [0.2, 0.25) is 10.2 Å². The minimum Gasteiger partial charge on any atom is -0.471 e. The number of imidazole rings is 1. The molecular weight excluding hydrogens is 389 g/mol. The fourth-order valence-electron chi connectivity index (χ4n) is 2.25. The predicted octanol–water partition coefficient (Wildman–Crippen LogP) is 2.48. The maximum atomic E-state index is 6.19. The molecule has 0 spiro atoms. The standard InChI is InChI=1S/C17H17Cl2N7O/c1-25(21)14(17(20)13-4-2-11(18)6-22-13)9-27-16-5-3-12(7-23-16)26-8-15(19)24-10-26/h2-8,10H,9,20-21H2,1H3/b17-14-. The van der Waals surface area contributed by atoms with Crippen LogP contribution in [0, 0.1) is 0 Å². The molecule has 3 aromatic rings. The Labute approximate surface area is 166 Å². The maximum absolute atomic E-state index is 6.19. The molecule has 0 radical (unpaired) electrons. The fraction of sp³-hybridized carbons (Fsp3) is 0.118. The van der Waals surface area contributed by atoms with Gasteiger partial charge in [0.1, 0.15) is 18.1 Å². The predicted molar refractivity (Wildman–Crippen MR) is 104 cm³/mol. The molecule has 0 bridgehead atoms. The molecule has 0 saturated carbocycles. The Morgan fingerprint density at radius 3 is 2.52 bits per heavy atom. The van der Waals surface area contributed by atoms with Gasteiger partial charge in [-0.2, -0.15) is 0 Å². The van der Waals surface area contributed by atoms with Gasteiger partial charge in [-0.1, -0.05) is 23.2 Å². The average Bonchev–Trinajstić information content (AvgIpc) is 3.09. The van der Waals surface area contributed by atoms with Crippen molar-refractivity contribution in [3.63, 3.8) is 0 Å². The summed E-state index contributed by atoms with van der Waals surface area (Å²) < 4.78 is 7.47. The molecule has 0 aliphatic carbocycles. The van der Waals surface area contributed by atoms with Gasteiger partial charge in [0.25, 0.3) is 0 Å². The number of nitrogens with two attached hydrogens (primary N) is 2. The second-order valence-corrected chi connectivity index (χ2v) is 6.40. The van der Waals surface area contributed by atoms with Gasteiger partial charge in [-0.25, -0.2) is 15.8 Å². The molecule has 0 atom stereocenters. The Morgan fingerprint density at radius 1 is 1.15 bits per heavy atom. The number of aromatic nitrogens is 4. The number of rotatable bonds is 6. The van der Waals surface area contributed by atoms with Gasteiger partial charge in [0.2, 0.25) is 5.88 Å². The van der Waals surface area contributed by atoms with Crippen LogP contribution in [0.25, 0.3) is 11.4 Å². The number of ether oxygens (including phenoxy) is 1. The molecular formula is C17H17Cl2N7O. The molecule has 0 aliphatic rings. The summed E-state index contributed by atoms with van der Waals surface area (Å²) >= 11 is 11.7. The normalized spacial score (nSPS) is 11.9. The van der Waals surface area contributed by atoms with E-state index in [9.17, 15) is 0 Å². The summed E-state index contributed by atoms with van der Waals surface area (Å²) in [5, 5.41) is 2.31. The van der Waals surface area contributed by atoms with Crippen molar-refractivity contribution in [3.8, 4) is 11.6 Å². The molecule has 0 saturated heterocycles. The number of hydrogen-bond donors (Lipinski definition) is 2. The minimum absolute atomic E-state index is 0.117. The molecule has 0 unspecified atom stereocenters. The summed E-state index contributed by atoms with van der Waals surface area (Å²) in [5.74, 6) is 6.31. The third-order valence-electron chi connectivity index (χ3n) is 3.67. The number of likely N-dealkylation sites (N-methyl/N-ethyl adjacent to an activating group) is 1. The first kappa shape index (κ1) is 19.0. The highest BCUT2D eigenvalue weighted by Gasteiger charge is 2.12. The van der Waals surface area contributed by atoms with E-state index >= 15 is 0 Å². The van der Waals surface area contributed by atoms with E-state index in [0.717, 1.165) is 5.69 Å². The summed E-state index contributed by atoms with van der Waals surface area (Å²) in [7, 11) is 1.67. The van der Waals surface area contributed by atoms with Crippen molar-refractivity contribution in [2.75, 3.05) is 13.7 Å². The average molecular weight is 406 g/mol. The Kier molecular flexibility index (Phi) is 5.80. The molecule has 10 heteroatoms. The van der Waals surface area contributed by atoms with Gasteiger partial charge < -0.3 is 20.0 Å². The summed E-state index contributed by atoms with van der Waals surface area (Å²) in [4.78, 5) is 12.4. The number of hydrazine groups is 1. The van der Waals surface area contributed by atoms with E-state index in [1.165, 1.54) is 11.2 Å². The van der Waals surface area contributed by atoms with E-state index in [0.29, 0.717) is 33.1 Å². The number of halogens is 2. The highest BCUT2D eigenvalue weighted by molar-refractivity contribution is 6.30. The van der Waals surface area contributed by atoms with Crippen molar-refractivity contribution in [1.82, 2.24) is 24.5 Å². The zero-order valence-electron chi connectivity index (χ0n) is 14.4. The fourth-order valence-corrected chi connectivity index (χ4v) is 2.51. The van der Waals surface area contributed by atoms with Gasteiger partial charge >= 0.3 is 0 Å². The molecule has 27 heavy (non-hydrogen) atoms. The van der Waals surface area contributed by atoms with Crippen LogP contribution < -0.4 is 16.3 Å². The van der Waals surface area contributed by atoms with Gasteiger partial charge in [-0.05, 0) is 18.2 Å². The van der Waals surface area contributed by atoms with Crippen molar-refractivity contribution in [1.29, 1.82) is 0 Å². The number of nitrogens with zero attached hydrogens (tertiary/aromatic N) is 5. The van der Waals surface area contributed by atoms with Crippen molar-refractivity contribution >= 4 is 28.9 Å². The largest absolute Gasteiger partial charge is 0.471 e. The monoisotopic (exact) mass is 405 g/mol. The van der Waals surface area contributed by atoms with E-state index < -0.39 is 0 Å². The van der Waals surface area contributed by atoms with E-state index in [-0.39, 0.29) is 6.61 Å². The van der Waals surface area contributed by atoms with Crippen LogP contribution in [0.5, 0.6) is 5.88 Å². The first-order chi connectivity index (χ1) is 12.9. The second-order valence-electron chi connectivity index (χ2n) is 5.58. The van der Waals surface area contributed by atoms with Gasteiger partial charge in [-0.3, -0.25) is 4.98 Å². The summed E-state index contributed by atoms with van der Waals surface area (Å²) in [6.45, 7) is 0.117. The third-order valence-corrected chi connectivity index (χ3v) is 4.09. The van der Waals surface area contributed by atoms with Gasteiger partial charge in [0, 0.05) is 25.5 Å². The summed E-state index contributed by atoms with van der Waals surface area (Å²) in [6.07, 6.45) is 6.45. The minimum atomic E-state index is 0.117. The molecule has 3 aromatic heterocycles. The molecule has 0 aromatic carbocycles. The Balaban J connectivity index is 1.74. The highest BCUT2D eigenvalue weighted by Crippen LogP contribution is 2.18. The highest BCUT2D eigenvalue weighted by atomic mass is 35.5. The number of pyridine rings is 2. The van der Waals surface area contributed by atoms with Crippen LogP contribution in [-0.2, 0) is 0 Å². The molecule has 3 rings (SSSR count). The van der Waals surface area contributed by atoms with Crippen LogP contribution >= 0.6 is 23.2 Å². The second kappa shape index (κ2) is 8.26. The zero-order valence-corrected chi connectivity index (χ0v) is 15.9. The molecule has 8 nitrogen and oxygen atoms in total. The lowest BCUT2D eigenvalue weighted by atomic mass is 10.2. The smallest absolute Gasteiger partial charge is 0.213 e. The van der Waals surface area contributed by atoms with Crippen molar-refractivity contribution in [3.05, 3.63) is 70.8 Å². The summed E-state index contributed by atoms with van der Waals surface area (Å²) in [5.41, 5.74) is 8.48. The lowest BCUT2D eigenvalue weighted by Crippen LogP contribution is -2.31. The van der Waals surface area contributed by atoms with Crippen LogP contribution in [-0.4, -0.2) is 38.2 Å². The summed E-state index contributed by atoms with van der Waals surface area (Å²) in [6, 6.07) is 6.98. The third kappa shape index (κ3) is 4.68. The quantitative estimate of drug-likeness (QED) is 0.478. The first-order valence-corrected chi connectivity index (χ1v) is 8.57. The van der Waals surface area contributed by atoms with Crippen molar-refractivity contribution in [2.45, 2.75) is 0 Å². The zero-order chi connectivity index (χ0) is 19.4. The van der Waals surface area contributed by atoms with E-state index in [1.54, 1.807) is 48.5 Å². The molecule has 3 heterocycles. The van der Waals surface area contributed by atoms with Gasteiger partial charge in [0.05, 0.1) is 34.0 Å². The SMILES string of the molecule is CN(N)/C(COc1ccc(-n2cnc(Cl)c2)cn1)=C(\N)c1ccc(Cl)cn1. The first-order valence-electron chi connectivity index (χ1n) is 7.81. The van der Waals surface area contributed by atoms with E-state index in [1.807, 2.05) is 6.07 Å². The number of hydrogen-bond acceptors (Lipinski definition) is 7. The Hall–Kier alpha value is -2.81. The van der Waals surface area contributed by atoms with E-state index in [4.69, 9.17) is 39.5 Å². The lowest BCUT2D eigenvalue weighted by molar-refractivity contribution is 0.287. The molecule has 140 valence electrons. The van der Waals surface area contributed by atoms with Crippen LogP contribution in [0.3, 0.4) is 0 Å². The molecule has 4 N–H and O–H groups in total. The van der Waals surface area contributed by atoms with Crippen molar-refractivity contribution in [2.24, 2.45) is 11.6 Å². The molecule has 0 fully saturated rings. The Morgan fingerprint density at radius 2 is 1.96 bits per heavy atom. The Bertz CT molecular complexity index is 937. The van der Waals surface area contributed by atoms with Crippen LogP contribution in [0.1, 0.15) is 5.69 Å². The molecule has 0 amide bonds. The maximum Gasteiger partial charge on any atom is 0.213 e. The van der Waals surface area contributed by atoms with Crippen molar-refractivity contribution < 1.29 is 4.74 Å². The van der Waals surface area contributed by atoms with Crippen LogP contribution in [0.4, 0.5) is 0 Å². The van der Waals surface area contributed by atoms with Gasteiger partial charge in [0.15, 0.2) is 0 Å². The van der Waals surface area contributed by atoms with Crippen LogP contribution in [0.15, 0.2) is 54.9 Å². The van der Waals surface area contributed by atoms with E-state index in [2.05, 4.69) is 15.0 Å². The molecule has 0 aliphatic heterocycles.